The minimum Gasteiger partial charge on any atom is -0.359 e. The molecule has 130 valence electrons. The van der Waals surface area contributed by atoms with E-state index in [1.165, 1.54) is 0 Å². The highest BCUT2D eigenvalue weighted by Gasteiger charge is 2.33. The summed E-state index contributed by atoms with van der Waals surface area (Å²) in [5.74, 6) is -0.0565. The van der Waals surface area contributed by atoms with Gasteiger partial charge in [-0.3, -0.25) is 19.3 Å². The van der Waals surface area contributed by atoms with Gasteiger partial charge in [0.25, 0.3) is 0 Å². The van der Waals surface area contributed by atoms with Crippen LogP contribution in [0, 0.1) is 5.92 Å². The second kappa shape index (κ2) is 7.77. The van der Waals surface area contributed by atoms with Crippen LogP contribution in [0.3, 0.4) is 0 Å². The smallest absolute Gasteiger partial charge is 0.225 e. The lowest BCUT2D eigenvalue weighted by Gasteiger charge is -2.38. The van der Waals surface area contributed by atoms with Gasteiger partial charge >= 0.3 is 0 Å². The molecule has 0 spiro atoms. The molecule has 0 aliphatic carbocycles. The van der Waals surface area contributed by atoms with Crippen molar-refractivity contribution in [1.29, 1.82) is 0 Å². The summed E-state index contributed by atoms with van der Waals surface area (Å²) in [5, 5.41) is 2.71. The zero-order chi connectivity index (χ0) is 17.0. The third kappa shape index (κ3) is 4.43. The first-order valence-electron chi connectivity index (χ1n) is 8.39. The fraction of sp³-hybridized carbons (Fsp3) is 0.812. The third-order valence-corrected chi connectivity index (χ3v) is 5.04. The zero-order valence-corrected chi connectivity index (χ0v) is 14.4. The van der Waals surface area contributed by atoms with Crippen molar-refractivity contribution < 1.29 is 14.4 Å². The maximum atomic E-state index is 12.1. The van der Waals surface area contributed by atoms with Gasteiger partial charge in [-0.1, -0.05) is 0 Å². The van der Waals surface area contributed by atoms with Gasteiger partial charge in [-0.05, 0) is 12.8 Å². The number of piperidine rings is 1. The van der Waals surface area contributed by atoms with Gasteiger partial charge in [0.15, 0.2) is 0 Å². The number of nitrogens with zero attached hydrogens (tertiary/aromatic N) is 3. The molecule has 23 heavy (non-hydrogen) atoms. The van der Waals surface area contributed by atoms with Crippen LogP contribution < -0.4 is 5.32 Å². The summed E-state index contributed by atoms with van der Waals surface area (Å²) < 4.78 is 0. The summed E-state index contributed by atoms with van der Waals surface area (Å²) in [6, 6.07) is 0.379. The zero-order valence-electron chi connectivity index (χ0n) is 14.4. The molecule has 2 aliphatic rings. The molecule has 1 N–H and O–H groups in total. The van der Waals surface area contributed by atoms with Crippen molar-refractivity contribution in [2.75, 3.05) is 46.3 Å². The standard InChI is InChI=1S/C16H28N4O3/c1-12(21)18-6-4-15(5-7-18)20-9-8-19(13(2)22)10-14(11-20)16(23)17-3/h14-15H,4-11H2,1-3H3,(H,17,23)/t14-/m1/s1. The van der Waals surface area contributed by atoms with Gasteiger partial charge in [0.1, 0.15) is 0 Å². The van der Waals surface area contributed by atoms with Gasteiger partial charge in [-0.2, -0.15) is 0 Å². The normalized spacial score (nSPS) is 24.2. The number of hydrogen-bond donors (Lipinski definition) is 1. The number of rotatable bonds is 2. The monoisotopic (exact) mass is 324 g/mol. The third-order valence-electron chi connectivity index (χ3n) is 5.04. The van der Waals surface area contributed by atoms with Crippen molar-refractivity contribution in [3.8, 4) is 0 Å². The molecule has 0 aromatic heterocycles. The Labute approximate surface area is 138 Å². The van der Waals surface area contributed by atoms with E-state index < -0.39 is 0 Å². The van der Waals surface area contributed by atoms with E-state index in [9.17, 15) is 14.4 Å². The molecule has 2 fully saturated rings. The average molecular weight is 324 g/mol. The quantitative estimate of drug-likeness (QED) is 0.745. The fourth-order valence-electron chi connectivity index (χ4n) is 3.57. The van der Waals surface area contributed by atoms with E-state index in [1.807, 2.05) is 4.90 Å². The molecule has 3 amide bonds. The second-order valence-corrected chi connectivity index (χ2v) is 6.51. The van der Waals surface area contributed by atoms with Crippen LogP contribution in [0.25, 0.3) is 0 Å². The average Bonchev–Trinajstić information content (AvgIpc) is 2.77. The highest BCUT2D eigenvalue weighted by Crippen LogP contribution is 2.20. The number of likely N-dealkylation sites (tertiary alicyclic amines) is 1. The maximum absolute atomic E-state index is 12.1. The minimum absolute atomic E-state index is 0.00989. The summed E-state index contributed by atoms with van der Waals surface area (Å²) >= 11 is 0. The molecular formula is C16H28N4O3. The summed E-state index contributed by atoms with van der Waals surface area (Å²) in [4.78, 5) is 41.3. The Balaban J connectivity index is 2.02. The molecule has 2 rings (SSSR count). The molecule has 0 bridgehead atoms. The van der Waals surface area contributed by atoms with Gasteiger partial charge in [0, 0.05) is 66.2 Å². The summed E-state index contributed by atoms with van der Waals surface area (Å²) in [5.41, 5.74) is 0. The summed E-state index contributed by atoms with van der Waals surface area (Å²) in [7, 11) is 1.64. The predicted molar refractivity (Wildman–Crippen MR) is 86.7 cm³/mol. The molecular weight excluding hydrogens is 296 g/mol. The molecule has 7 nitrogen and oxygen atoms in total. The molecule has 2 saturated heterocycles. The van der Waals surface area contributed by atoms with Gasteiger partial charge < -0.3 is 15.1 Å². The first-order chi connectivity index (χ1) is 10.9. The maximum Gasteiger partial charge on any atom is 0.225 e. The van der Waals surface area contributed by atoms with Crippen molar-refractivity contribution in [3.63, 3.8) is 0 Å². The molecule has 0 aromatic carbocycles. The van der Waals surface area contributed by atoms with Crippen LogP contribution in [0.15, 0.2) is 0 Å². The van der Waals surface area contributed by atoms with E-state index >= 15 is 0 Å². The van der Waals surface area contributed by atoms with Crippen LogP contribution in [0.2, 0.25) is 0 Å². The number of amides is 3. The summed E-state index contributed by atoms with van der Waals surface area (Å²) in [6.45, 7) is 7.33. The van der Waals surface area contributed by atoms with Crippen molar-refractivity contribution in [1.82, 2.24) is 20.0 Å². The van der Waals surface area contributed by atoms with Crippen LogP contribution in [0.4, 0.5) is 0 Å². The second-order valence-electron chi connectivity index (χ2n) is 6.51. The van der Waals surface area contributed by atoms with Crippen LogP contribution in [-0.4, -0.2) is 84.8 Å². The molecule has 2 aliphatic heterocycles. The van der Waals surface area contributed by atoms with E-state index in [0.717, 1.165) is 32.5 Å². The highest BCUT2D eigenvalue weighted by atomic mass is 16.2. The van der Waals surface area contributed by atoms with E-state index in [2.05, 4.69) is 10.2 Å². The Kier molecular flexibility index (Phi) is 5.98. The SMILES string of the molecule is CNC(=O)[C@@H]1CN(C(C)=O)CCN(C2CCN(C(C)=O)CC2)C1. The Morgan fingerprint density at radius 3 is 2.00 bits per heavy atom. The van der Waals surface area contributed by atoms with Crippen LogP contribution in [0.5, 0.6) is 0 Å². The molecule has 0 unspecified atom stereocenters. The van der Waals surface area contributed by atoms with E-state index in [-0.39, 0.29) is 23.6 Å². The van der Waals surface area contributed by atoms with Crippen LogP contribution in [0.1, 0.15) is 26.7 Å². The van der Waals surface area contributed by atoms with Gasteiger partial charge in [0.2, 0.25) is 17.7 Å². The van der Waals surface area contributed by atoms with Crippen LogP contribution >= 0.6 is 0 Å². The van der Waals surface area contributed by atoms with Gasteiger partial charge in [-0.15, -0.1) is 0 Å². The topological polar surface area (TPSA) is 73.0 Å². The number of nitrogens with one attached hydrogen (secondary N) is 1. The van der Waals surface area contributed by atoms with Crippen LogP contribution in [-0.2, 0) is 14.4 Å². The predicted octanol–water partition coefficient (Wildman–Crippen LogP) is -0.476. The van der Waals surface area contributed by atoms with E-state index in [4.69, 9.17) is 0 Å². The molecule has 1 atom stereocenters. The lowest BCUT2D eigenvalue weighted by Crippen LogP contribution is -2.49. The van der Waals surface area contributed by atoms with Crippen molar-refractivity contribution in [3.05, 3.63) is 0 Å². The molecule has 2 heterocycles. The lowest BCUT2D eigenvalue weighted by molar-refractivity contribution is -0.131. The number of carbonyl (C=O) groups is 3. The number of carbonyl (C=O) groups excluding carboxylic acids is 3. The van der Waals surface area contributed by atoms with Crippen molar-refractivity contribution >= 4 is 17.7 Å². The Hall–Kier alpha value is -1.63. The molecule has 7 heteroatoms. The molecule has 0 aromatic rings. The Bertz CT molecular complexity index is 460. The first-order valence-corrected chi connectivity index (χ1v) is 8.39. The molecule has 0 saturated carbocycles. The van der Waals surface area contributed by atoms with E-state index in [0.29, 0.717) is 25.7 Å². The molecule has 0 radical (unpaired) electrons. The summed E-state index contributed by atoms with van der Waals surface area (Å²) in [6.07, 6.45) is 1.86. The van der Waals surface area contributed by atoms with Crippen molar-refractivity contribution in [2.45, 2.75) is 32.7 Å². The van der Waals surface area contributed by atoms with Gasteiger partial charge in [0.05, 0.1) is 5.92 Å². The Morgan fingerprint density at radius 2 is 1.48 bits per heavy atom. The van der Waals surface area contributed by atoms with Gasteiger partial charge in [-0.25, -0.2) is 0 Å². The van der Waals surface area contributed by atoms with E-state index in [1.54, 1.807) is 25.8 Å². The first kappa shape index (κ1) is 17.7. The minimum atomic E-state index is -0.197. The Morgan fingerprint density at radius 1 is 0.870 bits per heavy atom. The highest BCUT2D eigenvalue weighted by molar-refractivity contribution is 5.80. The fourth-order valence-corrected chi connectivity index (χ4v) is 3.57. The largest absolute Gasteiger partial charge is 0.359 e. The number of hydrogen-bond acceptors (Lipinski definition) is 4. The van der Waals surface area contributed by atoms with Crippen molar-refractivity contribution in [2.24, 2.45) is 5.92 Å². The lowest BCUT2D eigenvalue weighted by atomic mass is 10.0.